The van der Waals surface area contributed by atoms with Crippen molar-refractivity contribution in [1.29, 1.82) is 5.26 Å². The molecule has 124 valence electrons. The van der Waals surface area contributed by atoms with Gasteiger partial charge in [0.2, 0.25) is 5.91 Å². The van der Waals surface area contributed by atoms with Gasteiger partial charge in [-0.25, -0.2) is 0 Å². The number of benzene rings is 1. The number of nitriles is 1. The molecule has 6 heteroatoms. The predicted octanol–water partition coefficient (Wildman–Crippen LogP) is 2.34. The fourth-order valence-corrected chi connectivity index (χ4v) is 2.01. The smallest absolute Gasteiger partial charge is 0.246 e. The van der Waals surface area contributed by atoms with Gasteiger partial charge in [-0.1, -0.05) is 0 Å². The minimum Gasteiger partial charge on any atom is -0.496 e. The summed E-state index contributed by atoms with van der Waals surface area (Å²) in [4.78, 5) is 13.6. The molecule has 0 spiro atoms. The van der Waals surface area contributed by atoms with Crippen LogP contribution in [0.1, 0.15) is 12.5 Å². The summed E-state index contributed by atoms with van der Waals surface area (Å²) in [6, 6.07) is 5.54. The molecular formula is C17H22N2O4. The molecule has 0 heterocycles. The van der Waals surface area contributed by atoms with Crippen LogP contribution in [0.4, 0.5) is 0 Å². The quantitative estimate of drug-likeness (QED) is 0.722. The lowest BCUT2D eigenvalue weighted by Crippen LogP contribution is -2.29. The van der Waals surface area contributed by atoms with Crippen LogP contribution in [0.15, 0.2) is 18.2 Å². The maximum Gasteiger partial charge on any atom is 0.246 e. The second-order valence-electron chi connectivity index (χ2n) is 5.03. The van der Waals surface area contributed by atoms with Crippen LogP contribution in [0.3, 0.4) is 0 Å². The van der Waals surface area contributed by atoms with Gasteiger partial charge in [0.05, 0.1) is 33.3 Å². The zero-order valence-corrected chi connectivity index (χ0v) is 14.1. The molecule has 1 aromatic carbocycles. The van der Waals surface area contributed by atoms with Crippen molar-refractivity contribution in [1.82, 2.24) is 4.90 Å². The van der Waals surface area contributed by atoms with Crippen molar-refractivity contribution >= 4 is 12.0 Å². The fourth-order valence-electron chi connectivity index (χ4n) is 2.01. The van der Waals surface area contributed by atoms with Gasteiger partial charge in [0, 0.05) is 31.3 Å². The number of likely N-dealkylation sites (N-methyl/N-ethyl adjacent to an activating group) is 1. The van der Waals surface area contributed by atoms with Crippen LogP contribution in [0.2, 0.25) is 0 Å². The van der Waals surface area contributed by atoms with Crippen LogP contribution in [0.25, 0.3) is 6.08 Å². The van der Waals surface area contributed by atoms with E-state index in [1.807, 2.05) is 0 Å². The van der Waals surface area contributed by atoms with Crippen LogP contribution in [0.5, 0.6) is 17.2 Å². The number of hydrogen-bond donors (Lipinski definition) is 0. The molecule has 0 aliphatic carbocycles. The van der Waals surface area contributed by atoms with Gasteiger partial charge in [0.25, 0.3) is 0 Å². The molecular weight excluding hydrogens is 296 g/mol. The van der Waals surface area contributed by atoms with Gasteiger partial charge in [0.15, 0.2) is 11.5 Å². The molecule has 0 N–H and O–H groups in total. The Morgan fingerprint density at radius 2 is 1.78 bits per heavy atom. The Morgan fingerprint density at radius 1 is 1.22 bits per heavy atom. The Balaban J connectivity index is 2.99. The third-order valence-corrected chi connectivity index (χ3v) is 3.29. The lowest BCUT2D eigenvalue weighted by molar-refractivity contribution is -0.125. The maximum absolute atomic E-state index is 12.1. The van der Waals surface area contributed by atoms with Gasteiger partial charge < -0.3 is 19.1 Å². The highest BCUT2D eigenvalue weighted by Crippen LogP contribution is 2.35. The second kappa shape index (κ2) is 8.69. The fraction of sp³-hybridized carbons (Fsp3) is 0.412. The molecule has 0 aliphatic heterocycles. The zero-order valence-electron chi connectivity index (χ0n) is 14.1. The van der Waals surface area contributed by atoms with Crippen molar-refractivity contribution < 1.29 is 19.0 Å². The summed E-state index contributed by atoms with van der Waals surface area (Å²) in [5, 5.41) is 8.80. The molecule has 0 saturated heterocycles. The Labute approximate surface area is 136 Å². The number of carbonyl (C=O) groups is 1. The molecule has 1 amide bonds. The summed E-state index contributed by atoms with van der Waals surface area (Å²) in [5.74, 6) is 1.26. The van der Waals surface area contributed by atoms with Gasteiger partial charge >= 0.3 is 0 Å². The number of amides is 1. The minimum atomic E-state index is -0.215. The van der Waals surface area contributed by atoms with Gasteiger partial charge in [-0.2, -0.15) is 5.26 Å². The number of methoxy groups -OCH3 is 3. The summed E-state index contributed by atoms with van der Waals surface area (Å²) >= 11 is 0. The number of rotatable bonds is 7. The molecule has 0 radical (unpaired) electrons. The molecule has 0 bridgehead atoms. The lowest BCUT2D eigenvalue weighted by atomic mass is 10.1. The maximum atomic E-state index is 12.1. The zero-order chi connectivity index (χ0) is 17.4. The van der Waals surface area contributed by atoms with E-state index in [1.165, 1.54) is 11.0 Å². The molecule has 23 heavy (non-hydrogen) atoms. The number of ether oxygens (including phenoxy) is 3. The Morgan fingerprint density at radius 3 is 2.30 bits per heavy atom. The second-order valence-corrected chi connectivity index (χ2v) is 5.03. The Kier molecular flexibility index (Phi) is 6.94. The van der Waals surface area contributed by atoms with Gasteiger partial charge in [0.1, 0.15) is 5.75 Å². The number of carbonyl (C=O) groups excluding carboxylic acids is 1. The summed E-state index contributed by atoms with van der Waals surface area (Å²) < 4.78 is 15.8. The first-order chi connectivity index (χ1) is 11.0. The summed E-state index contributed by atoms with van der Waals surface area (Å²) in [6.07, 6.45) is 3.09. The lowest BCUT2D eigenvalue weighted by Gasteiger charge is -2.16. The highest BCUT2D eigenvalue weighted by Gasteiger charge is 2.12. The van der Waals surface area contributed by atoms with E-state index in [0.29, 0.717) is 29.4 Å². The van der Waals surface area contributed by atoms with E-state index in [9.17, 15) is 4.79 Å². The van der Waals surface area contributed by atoms with Crippen molar-refractivity contribution in [3.8, 4) is 23.3 Å². The first-order valence-electron chi connectivity index (χ1n) is 7.09. The first-order valence-corrected chi connectivity index (χ1v) is 7.09. The number of hydrogen-bond acceptors (Lipinski definition) is 5. The van der Waals surface area contributed by atoms with E-state index >= 15 is 0 Å². The van der Waals surface area contributed by atoms with Crippen molar-refractivity contribution in [2.45, 2.75) is 6.92 Å². The standard InChI is InChI=1S/C17H22N2O4/c1-12(10-18)11-19(2)17(20)7-6-13-8-15(22-4)16(23-5)9-14(13)21-3/h6-9,12H,11H2,1-5H3/b7-6+/t12-/m0/s1. The van der Waals surface area contributed by atoms with Crippen molar-refractivity contribution in [2.75, 3.05) is 34.9 Å². The van der Waals surface area contributed by atoms with E-state index in [-0.39, 0.29) is 11.8 Å². The van der Waals surface area contributed by atoms with Crippen molar-refractivity contribution in [3.05, 3.63) is 23.8 Å². The Hall–Kier alpha value is -2.68. The largest absolute Gasteiger partial charge is 0.496 e. The van der Waals surface area contributed by atoms with Crippen LogP contribution < -0.4 is 14.2 Å². The molecule has 1 rings (SSSR count). The SMILES string of the molecule is COc1cc(OC)c(OC)cc1/C=C/C(=O)N(C)C[C@@H](C)C#N. The van der Waals surface area contributed by atoms with Crippen LogP contribution in [-0.2, 0) is 4.79 Å². The first kappa shape index (κ1) is 18.4. The highest BCUT2D eigenvalue weighted by molar-refractivity contribution is 5.92. The van der Waals surface area contributed by atoms with Crippen LogP contribution in [-0.4, -0.2) is 45.7 Å². The van der Waals surface area contributed by atoms with Crippen LogP contribution >= 0.6 is 0 Å². The molecule has 6 nitrogen and oxygen atoms in total. The topological polar surface area (TPSA) is 71.8 Å². The van der Waals surface area contributed by atoms with E-state index in [2.05, 4.69) is 6.07 Å². The molecule has 0 saturated carbocycles. The van der Waals surface area contributed by atoms with Crippen molar-refractivity contribution in [3.63, 3.8) is 0 Å². The molecule has 1 atom stereocenters. The average Bonchev–Trinajstić information content (AvgIpc) is 2.58. The van der Waals surface area contributed by atoms with Crippen molar-refractivity contribution in [2.24, 2.45) is 5.92 Å². The van der Waals surface area contributed by atoms with E-state index in [0.717, 1.165) is 0 Å². The van der Waals surface area contributed by atoms with E-state index in [4.69, 9.17) is 19.5 Å². The summed E-state index contributed by atoms with van der Waals surface area (Å²) in [6.45, 7) is 2.15. The monoisotopic (exact) mass is 318 g/mol. The van der Waals surface area contributed by atoms with Gasteiger partial charge in [-0.05, 0) is 19.1 Å². The normalized spacial score (nSPS) is 11.7. The molecule has 0 fully saturated rings. The third-order valence-electron chi connectivity index (χ3n) is 3.29. The minimum absolute atomic E-state index is 0.191. The summed E-state index contributed by atoms with van der Waals surface area (Å²) in [7, 11) is 6.29. The van der Waals surface area contributed by atoms with Crippen LogP contribution in [0, 0.1) is 17.2 Å². The van der Waals surface area contributed by atoms with E-state index < -0.39 is 0 Å². The van der Waals surface area contributed by atoms with E-state index in [1.54, 1.807) is 53.5 Å². The highest BCUT2D eigenvalue weighted by atomic mass is 16.5. The third kappa shape index (κ3) is 4.92. The summed E-state index contributed by atoms with van der Waals surface area (Å²) in [5.41, 5.74) is 0.695. The molecule has 0 aliphatic rings. The average molecular weight is 318 g/mol. The molecule has 0 aromatic heterocycles. The molecule has 0 unspecified atom stereocenters. The number of nitrogens with zero attached hydrogens (tertiary/aromatic N) is 2. The van der Waals surface area contributed by atoms with Gasteiger partial charge in [-0.3, -0.25) is 4.79 Å². The van der Waals surface area contributed by atoms with Gasteiger partial charge in [-0.15, -0.1) is 0 Å². The Bertz CT molecular complexity index is 620. The molecule has 1 aromatic rings. The predicted molar refractivity (Wildman–Crippen MR) is 87.5 cm³/mol.